The highest BCUT2D eigenvalue weighted by Crippen LogP contribution is 2.35. The topological polar surface area (TPSA) is 62.3 Å². The van der Waals surface area contributed by atoms with Gasteiger partial charge in [-0.2, -0.15) is 8.78 Å². The lowest BCUT2D eigenvalue weighted by Crippen LogP contribution is -2.49. The maximum Gasteiger partial charge on any atom is 0.400 e. The molecule has 0 spiro atoms. The van der Waals surface area contributed by atoms with Crippen molar-refractivity contribution in [1.82, 2.24) is 10.3 Å². The Kier molecular flexibility index (Phi) is 7.94. The summed E-state index contributed by atoms with van der Waals surface area (Å²) in [4.78, 5) is 31.4. The van der Waals surface area contributed by atoms with E-state index >= 15 is 0 Å². The number of halogens is 3. The first kappa shape index (κ1) is 26.0. The molecule has 4 rings (SSSR count). The summed E-state index contributed by atoms with van der Waals surface area (Å²) in [6, 6.07) is 26.2. The second-order valence-corrected chi connectivity index (χ2v) is 8.89. The lowest BCUT2D eigenvalue weighted by Gasteiger charge is -2.33. The van der Waals surface area contributed by atoms with Gasteiger partial charge in [-0.25, -0.2) is 0 Å². The molecule has 1 N–H and O–H groups in total. The van der Waals surface area contributed by atoms with Crippen LogP contribution in [0, 0.1) is 0 Å². The third kappa shape index (κ3) is 6.19. The van der Waals surface area contributed by atoms with Crippen LogP contribution in [-0.4, -0.2) is 22.2 Å². The Hall–Kier alpha value is -4.10. The fraction of sp³-hybridized carbons (Fsp3) is 0.138. The third-order valence-electron chi connectivity index (χ3n) is 5.88. The van der Waals surface area contributed by atoms with Crippen LogP contribution in [-0.2, 0) is 9.59 Å². The molecule has 37 heavy (non-hydrogen) atoms. The predicted octanol–water partition coefficient (Wildman–Crippen LogP) is 6.53. The first-order chi connectivity index (χ1) is 17.8. The molecule has 5 nitrogen and oxygen atoms in total. The van der Waals surface area contributed by atoms with Crippen molar-refractivity contribution in [2.24, 2.45) is 0 Å². The fourth-order valence-corrected chi connectivity index (χ4v) is 4.13. The van der Waals surface area contributed by atoms with Gasteiger partial charge >= 0.3 is 11.3 Å². The van der Waals surface area contributed by atoms with Crippen molar-refractivity contribution >= 4 is 29.1 Å². The maximum atomic E-state index is 14.3. The van der Waals surface area contributed by atoms with E-state index in [0.29, 0.717) is 0 Å². The highest BCUT2D eigenvalue weighted by molar-refractivity contribution is 6.34. The number of nitrogens with zero attached hydrogens (tertiary/aromatic N) is 2. The Morgan fingerprint density at radius 2 is 1.41 bits per heavy atom. The molecule has 1 unspecified atom stereocenters. The number of nitrogens with one attached hydrogen (secondary N) is 1. The van der Waals surface area contributed by atoms with Gasteiger partial charge in [0.1, 0.15) is 6.04 Å². The lowest BCUT2D eigenvalue weighted by atomic mass is 10.0. The van der Waals surface area contributed by atoms with Crippen LogP contribution in [0.4, 0.5) is 14.5 Å². The monoisotopic (exact) mass is 519 g/mol. The zero-order valence-corrected chi connectivity index (χ0v) is 20.6. The van der Waals surface area contributed by atoms with Gasteiger partial charge in [0, 0.05) is 23.6 Å². The molecular formula is C29H24ClF2N3O2. The van der Waals surface area contributed by atoms with E-state index < -0.39 is 29.3 Å². The van der Waals surface area contributed by atoms with Gasteiger partial charge in [-0.05, 0) is 53.4 Å². The smallest absolute Gasteiger partial charge is 0.347 e. The van der Waals surface area contributed by atoms with Crippen LogP contribution in [0.25, 0.3) is 11.1 Å². The Bertz CT molecular complexity index is 1330. The number of carbonyl (C=O) groups excluding carboxylic acids is 2. The van der Waals surface area contributed by atoms with E-state index in [9.17, 15) is 18.4 Å². The fourth-order valence-electron chi connectivity index (χ4n) is 4.04. The van der Waals surface area contributed by atoms with Crippen molar-refractivity contribution in [3.8, 4) is 11.1 Å². The van der Waals surface area contributed by atoms with Crippen molar-refractivity contribution < 1.29 is 18.4 Å². The largest absolute Gasteiger partial charge is 0.400 e. The third-order valence-corrected chi connectivity index (χ3v) is 6.04. The summed E-state index contributed by atoms with van der Waals surface area (Å²) in [5, 5.41) is -1.41. The second-order valence-electron chi connectivity index (χ2n) is 8.42. The standard InChI is InChI=1S/C29H24ClF2N3O2/c1-20(21-9-4-2-5-10-21)34-27(36)26(24-13-8-18-33-19-24)35(28(37)29(30,31)32)25-16-14-23(15-17-25)22-11-6-3-7-12-22/h2-20,26H,1H3,(H,34,36)/t20-,26?/m0/s1. The van der Waals surface area contributed by atoms with Gasteiger partial charge in [-0.1, -0.05) is 78.9 Å². The molecule has 2 amide bonds. The summed E-state index contributed by atoms with van der Waals surface area (Å²) in [6.07, 6.45) is 2.85. The molecule has 4 aromatic rings. The van der Waals surface area contributed by atoms with Crippen molar-refractivity contribution in [2.45, 2.75) is 24.4 Å². The quantitative estimate of drug-likeness (QED) is 0.269. The molecule has 1 heterocycles. The summed E-state index contributed by atoms with van der Waals surface area (Å²) >= 11 is 5.22. The van der Waals surface area contributed by atoms with E-state index in [2.05, 4.69) is 10.3 Å². The number of anilines is 1. The van der Waals surface area contributed by atoms with Gasteiger partial charge in [-0.3, -0.25) is 19.5 Å². The zero-order valence-electron chi connectivity index (χ0n) is 19.9. The number of hydrogen-bond acceptors (Lipinski definition) is 3. The van der Waals surface area contributed by atoms with Crippen LogP contribution in [0.15, 0.2) is 109 Å². The van der Waals surface area contributed by atoms with Gasteiger partial charge in [0.25, 0.3) is 0 Å². The van der Waals surface area contributed by atoms with Crippen molar-refractivity contribution in [3.05, 3.63) is 121 Å². The van der Waals surface area contributed by atoms with E-state index in [0.717, 1.165) is 21.6 Å². The number of pyridine rings is 1. The molecule has 0 aliphatic carbocycles. The average Bonchev–Trinajstić information content (AvgIpc) is 2.92. The molecule has 0 aliphatic rings. The summed E-state index contributed by atoms with van der Waals surface area (Å²) in [6.45, 7) is 1.77. The highest BCUT2D eigenvalue weighted by atomic mass is 35.5. The first-order valence-corrected chi connectivity index (χ1v) is 11.9. The summed E-state index contributed by atoms with van der Waals surface area (Å²) < 4.78 is 28.6. The molecule has 0 radical (unpaired) electrons. The van der Waals surface area contributed by atoms with Crippen molar-refractivity contribution in [2.75, 3.05) is 4.90 Å². The lowest BCUT2D eigenvalue weighted by molar-refractivity contribution is -0.135. The van der Waals surface area contributed by atoms with Gasteiger partial charge in [-0.15, -0.1) is 0 Å². The number of aromatic nitrogens is 1. The van der Waals surface area contributed by atoms with Crippen LogP contribution >= 0.6 is 11.6 Å². The van der Waals surface area contributed by atoms with E-state index in [1.54, 1.807) is 31.2 Å². The number of rotatable bonds is 8. The minimum Gasteiger partial charge on any atom is -0.347 e. The molecule has 0 aliphatic heterocycles. The molecule has 3 aromatic carbocycles. The van der Waals surface area contributed by atoms with Gasteiger partial charge in [0.05, 0.1) is 6.04 Å². The van der Waals surface area contributed by atoms with Gasteiger partial charge < -0.3 is 5.32 Å². The van der Waals surface area contributed by atoms with E-state index in [1.165, 1.54) is 24.5 Å². The van der Waals surface area contributed by atoms with Crippen LogP contribution in [0.5, 0.6) is 0 Å². The average molecular weight is 520 g/mol. The number of carbonyl (C=O) groups is 2. The summed E-state index contributed by atoms with van der Waals surface area (Å²) in [5.74, 6) is -2.39. The summed E-state index contributed by atoms with van der Waals surface area (Å²) in [5.41, 5.74) is 2.87. The van der Waals surface area contributed by atoms with Gasteiger partial charge in [0.15, 0.2) is 0 Å². The van der Waals surface area contributed by atoms with Crippen LogP contribution in [0.2, 0.25) is 0 Å². The Labute approximate surface area is 218 Å². The summed E-state index contributed by atoms with van der Waals surface area (Å²) in [7, 11) is 0. The molecule has 0 saturated carbocycles. The molecule has 0 saturated heterocycles. The van der Waals surface area contributed by atoms with Crippen LogP contribution in [0.3, 0.4) is 0 Å². The van der Waals surface area contributed by atoms with Crippen LogP contribution < -0.4 is 10.2 Å². The zero-order chi connectivity index (χ0) is 26.4. The maximum absolute atomic E-state index is 14.3. The highest BCUT2D eigenvalue weighted by Gasteiger charge is 2.45. The second kappa shape index (κ2) is 11.3. The minimum absolute atomic E-state index is 0.0846. The number of alkyl halides is 3. The van der Waals surface area contributed by atoms with E-state index in [1.807, 2.05) is 60.7 Å². The molecule has 1 aromatic heterocycles. The molecule has 0 bridgehead atoms. The van der Waals surface area contributed by atoms with Gasteiger partial charge in [0.2, 0.25) is 5.91 Å². The first-order valence-electron chi connectivity index (χ1n) is 11.6. The van der Waals surface area contributed by atoms with E-state index in [4.69, 9.17) is 11.6 Å². The number of hydrogen-bond donors (Lipinski definition) is 1. The SMILES string of the molecule is C[C@H](NC(=O)C(c1cccnc1)N(C(=O)C(F)(F)Cl)c1ccc(-c2ccccc2)cc1)c1ccccc1. The van der Waals surface area contributed by atoms with Crippen LogP contribution in [0.1, 0.15) is 30.1 Å². The predicted molar refractivity (Wildman–Crippen MR) is 140 cm³/mol. The molecule has 2 atom stereocenters. The number of amides is 2. The normalized spacial score (nSPS) is 12.9. The van der Waals surface area contributed by atoms with Crippen molar-refractivity contribution in [3.63, 3.8) is 0 Å². The number of benzene rings is 3. The Morgan fingerprint density at radius 3 is 1.97 bits per heavy atom. The Balaban J connectivity index is 1.77. The molecule has 188 valence electrons. The molecule has 8 heteroatoms. The molecule has 0 fully saturated rings. The minimum atomic E-state index is -4.25. The van der Waals surface area contributed by atoms with Crippen molar-refractivity contribution in [1.29, 1.82) is 0 Å². The molecular weight excluding hydrogens is 496 g/mol. The Morgan fingerprint density at radius 1 is 0.838 bits per heavy atom. The van der Waals surface area contributed by atoms with E-state index in [-0.39, 0.29) is 11.3 Å².